The molecule has 0 amide bonds. The average molecular weight is 268 g/mol. The van der Waals surface area contributed by atoms with Crippen molar-refractivity contribution in [2.45, 2.75) is 52.6 Å². The van der Waals surface area contributed by atoms with Gasteiger partial charge in [0, 0.05) is 5.56 Å². The smallest absolute Gasteiger partial charge is 0.125 e. The Bertz CT molecular complexity index is 377. The van der Waals surface area contributed by atoms with Crippen LogP contribution in [0.3, 0.4) is 0 Å². The molecule has 3 heteroatoms. The van der Waals surface area contributed by atoms with E-state index < -0.39 is 6.10 Å². The number of rotatable bonds is 8. The van der Waals surface area contributed by atoms with Crippen molar-refractivity contribution < 1.29 is 14.2 Å². The molecule has 0 radical (unpaired) electrons. The lowest BCUT2D eigenvalue weighted by molar-refractivity contribution is 0.183. The number of hydrogen-bond acceptors (Lipinski definition) is 2. The third-order valence-corrected chi connectivity index (χ3v) is 3.44. The summed E-state index contributed by atoms with van der Waals surface area (Å²) in [5, 5.41) is 9.65. The van der Waals surface area contributed by atoms with Gasteiger partial charge in [0.1, 0.15) is 11.6 Å². The zero-order valence-corrected chi connectivity index (χ0v) is 12.2. The average Bonchev–Trinajstić information content (AvgIpc) is 2.40. The Morgan fingerprint density at radius 3 is 2.63 bits per heavy atom. The standard InChI is InChI=1S/C16H25FO2/c1-4-6-7-13(5-2)11-19-16-9-8-14(17)10-15(16)12(3)18/h8-10,12-13,18H,4-7,11H2,1-3H3/t12-,13?/m1/s1. The first-order valence-electron chi connectivity index (χ1n) is 7.18. The molecule has 0 aromatic heterocycles. The molecule has 0 heterocycles. The molecule has 0 aliphatic rings. The number of halogens is 1. The van der Waals surface area contributed by atoms with Crippen LogP contribution in [0.4, 0.5) is 4.39 Å². The maximum Gasteiger partial charge on any atom is 0.125 e. The third kappa shape index (κ3) is 5.19. The lowest BCUT2D eigenvalue weighted by atomic mass is 10.0. The summed E-state index contributed by atoms with van der Waals surface area (Å²) in [6.07, 6.45) is 3.89. The zero-order chi connectivity index (χ0) is 14.3. The van der Waals surface area contributed by atoms with Crippen molar-refractivity contribution >= 4 is 0 Å². The van der Waals surface area contributed by atoms with Crippen molar-refractivity contribution in [3.05, 3.63) is 29.6 Å². The molecule has 2 atom stereocenters. The van der Waals surface area contributed by atoms with Gasteiger partial charge in [-0.3, -0.25) is 0 Å². The minimum atomic E-state index is -0.721. The minimum Gasteiger partial charge on any atom is -0.493 e. The van der Waals surface area contributed by atoms with Gasteiger partial charge in [-0.25, -0.2) is 4.39 Å². The number of hydrogen-bond donors (Lipinski definition) is 1. The fraction of sp³-hybridized carbons (Fsp3) is 0.625. The van der Waals surface area contributed by atoms with Crippen LogP contribution in [0.2, 0.25) is 0 Å². The SMILES string of the molecule is CCCCC(CC)COc1ccc(F)cc1[C@@H](C)O. The molecule has 0 aliphatic carbocycles. The van der Waals surface area contributed by atoms with E-state index in [4.69, 9.17) is 4.74 Å². The Hall–Kier alpha value is -1.09. The molecule has 0 fully saturated rings. The molecule has 1 aromatic carbocycles. The second-order valence-corrected chi connectivity index (χ2v) is 5.09. The molecule has 0 bridgehead atoms. The fourth-order valence-electron chi connectivity index (χ4n) is 2.08. The summed E-state index contributed by atoms with van der Waals surface area (Å²) >= 11 is 0. The highest BCUT2D eigenvalue weighted by atomic mass is 19.1. The van der Waals surface area contributed by atoms with Gasteiger partial charge in [0.15, 0.2) is 0 Å². The van der Waals surface area contributed by atoms with Gasteiger partial charge in [-0.2, -0.15) is 0 Å². The summed E-state index contributed by atoms with van der Waals surface area (Å²) in [6.45, 7) is 6.58. The van der Waals surface area contributed by atoms with Crippen molar-refractivity contribution in [2.75, 3.05) is 6.61 Å². The van der Waals surface area contributed by atoms with E-state index in [9.17, 15) is 9.50 Å². The zero-order valence-electron chi connectivity index (χ0n) is 12.2. The molecule has 0 spiro atoms. The van der Waals surface area contributed by atoms with E-state index in [2.05, 4.69) is 13.8 Å². The van der Waals surface area contributed by atoms with Crippen LogP contribution in [0.5, 0.6) is 5.75 Å². The number of unbranched alkanes of at least 4 members (excludes halogenated alkanes) is 1. The number of aliphatic hydroxyl groups excluding tert-OH is 1. The van der Waals surface area contributed by atoms with Crippen molar-refractivity contribution in [2.24, 2.45) is 5.92 Å². The van der Waals surface area contributed by atoms with Crippen LogP contribution in [0.1, 0.15) is 58.1 Å². The van der Waals surface area contributed by atoms with Crippen LogP contribution in [0.25, 0.3) is 0 Å². The highest BCUT2D eigenvalue weighted by molar-refractivity contribution is 5.35. The van der Waals surface area contributed by atoms with Crippen molar-refractivity contribution in [3.63, 3.8) is 0 Å². The molecule has 19 heavy (non-hydrogen) atoms. The van der Waals surface area contributed by atoms with Gasteiger partial charge in [0.2, 0.25) is 0 Å². The monoisotopic (exact) mass is 268 g/mol. The molecule has 0 saturated heterocycles. The molecular weight excluding hydrogens is 243 g/mol. The molecule has 108 valence electrons. The Kier molecular flexibility index (Phi) is 6.85. The van der Waals surface area contributed by atoms with E-state index in [-0.39, 0.29) is 5.82 Å². The Labute approximate surface area is 115 Å². The van der Waals surface area contributed by atoms with Crippen molar-refractivity contribution in [1.29, 1.82) is 0 Å². The topological polar surface area (TPSA) is 29.5 Å². The summed E-state index contributed by atoms with van der Waals surface area (Å²) in [6, 6.07) is 4.31. The largest absolute Gasteiger partial charge is 0.493 e. The molecule has 1 unspecified atom stereocenters. The van der Waals surface area contributed by atoms with Gasteiger partial charge in [-0.15, -0.1) is 0 Å². The van der Waals surface area contributed by atoms with Gasteiger partial charge in [0.25, 0.3) is 0 Å². The van der Waals surface area contributed by atoms with Gasteiger partial charge in [-0.1, -0.05) is 33.1 Å². The van der Waals surface area contributed by atoms with E-state index in [1.54, 1.807) is 13.0 Å². The molecule has 0 aliphatic heterocycles. The van der Waals surface area contributed by atoms with E-state index in [0.717, 1.165) is 12.8 Å². The first kappa shape index (κ1) is 16.0. The van der Waals surface area contributed by atoms with Crippen LogP contribution in [-0.2, 0) is 0 Å². The summed E-state index contributed by atoms with van der Waals surface area (Å²) in [7, 11) is 0. The molecule has 1 aromatic rings. The van der Waals surface area contributed by atoms with Gasteiger partial charge in [0.05, 0.1) is 12.7 Å². The van der Waals surface area contributed by atoms with E-state index in [1.165, 1.54) is 25.0 Å². The van der Waals surface area contributed by atoms with Crippen LogP contribution in [-0.4, -0.2) is 11.7 Å². The predicted molar refractivity (Wildman–Crippen MR) is 75.8 cm³/mol. The maximum absolute atomic E-state index is 13.2. The lowest BCUT2D eigenvalue weighted by Gasteiger charge is -2.18. The van der Waals surface area contributed by atoms with Crippen LogP contribution >= 0.6 is 0 Å². The number of ether oxygens (including phenoxy) is 1. The quantitative estimate of drug-likeness (QED) is 0.753. The van der Waals surface area contributed by atoms with E-state index in [0.29, 0.717) is 23.8 Å². The molecule has 0 saturated carbocycles. The highest BCUT2D eigenvalue weighted by Crippen LogP contribution is 2.27. The first-order valence-corrected chi connectivity index (χ1v) is 7.18. The minimum absolute atomic E-state index is 0.346. The van der Waals surface area contributed by atoms with E-state index >= 15 is 0 Å². The highest BCUT2D eigenvalue weighted by Gasteiger charge is 2.13. The van der Waals surface area contributed by atoms with Crippen LogP contribution < -0.4 is 4.74 Å². The lowest BCUT2D eigenvalue weighted by Crippen LogP contribution is -2.12. The molecule has 1 N–H and O–H groups in total. The second kappa shape index (κ2) is 8.16. The Morgan fingerprint density at radius 2 is 2.05 bits per heavy atom. The van der Waals surface area contributed by atoms with Crippen molar-refractivity contribution in [3.8, 4) is 5.75 Å². The van der Waals surface area contributed by atoms with Crippen LogP contribution in [0.15, 0.2) is 18.2 Å². The summed E-state index contributed by atoms with van der Waals surface area (Å²) < 4.78 is 18.9. The fourth-order valence-corrected chi connectivity index (χ4v) is 2.08. The molecule has 1 rings (SSSR count). The molecule has 2 nitrogen and oxygen atoms in total. The van der Waals surface area contributed by atoms with Crippen molar-refractivity contribution in [1.82, 2.24) is 0 Å². The summed E-state index contributed by atoms with van der Waals surface area (Å²) in [5.74, 6) is 0.763. The summed E-state index contributed by atoms with van der Waals surface area (Å²) in [4.78, 5) is 0. The Balaban J connectivity index is 2.65. The maximum atomic E-state index is 13.2. The number of aliphatic hydroxyl groups is 1. The van der Waals surface area contributed by atoms with Gasteiger partial charge < -0.3 is 9.84 Å². The van der Waals surface area contributed by atoms with Gasteiger partial charge in [-0.05, 0) is 37.5 Å². The molecular formula is C16H25FO2. The normalized spacial score (nSPS) is 14.2. The number of benzene rings is 1. The first-order chi connectivity index (χ1) is 9.08. The Morgan fingerprint density at radius 1 is 1.32 bits per heavy atom. The van der Waals surface area contributed by atoms with E-state index in [1.807, 2.05) is 0 Å². The predicted octanol–water partition coefficient (Wildman–Crippen LogP) is 4.47. The second-order valence-electron chi connectivity index (χ2n) is 5.09. The van der Waals surface area contributed by atoms with Crippen LogP contribution in [0, 0.1) is 11.7 Å². The van der Waals surface area contributed by atoms with Gasteiger partial charge >= 0.3 is 0 Å². The third-order valence-electron chi connectivity index (χ3n) is 3.44. The summed E-state index contributed by atoms with van der Waals surface area (Å²) in [5.41, 5.74) is 0.519.